The lowest BCUT2D eigenvalue weighted by Crippen LogP contribution is -2.66. The number of rotatable bonds is 5. The van der Waals surface area contributed by atoms with Crippen LogP contribution in [0, 0.1) is 38.4 Å². The highest BCUT2D eigenvalue weighted by atomic mass is 19.1. The molecule has 2 amide bonds. The van der Waals surface area contributed by atoms with Crippen LogP contribution in [0.5, 0.6) is 0 Å². The van der Waals surface area contributed by atoms with Crippen molar-refractivity contribution in [1.82, 2.24) is 9.88 Å². The second kappa shape index (κ2) is 8.01. The number of benzene rings is 1. The second-order valence-electron chi connectivity index (χ2n) is 11.2. The lowest BCUT2D eigenvalue weighted by atomic mass is 9.51. The van der Waals surface area contributed by atoms with E-state index in [4.69, 9.17) is 0 Å². The van der Waals surface area contributed by atoms with Gasteiger partial charge in [0.05, 0.1) is 16.9 Å². The number of aliphatic hydroxyl groups is 1. The first-order chi connectivity index (χ1) is 16.4. The van der Waals surface area contributed by atoms with Crippen LogP contribution in [0.15, 0.2) is 18.2 Å². The van der Waals surface area contributed by atoms with Gasteiger partial charge in [-0.15, -0.1) is 0 Å². The summed E-state index contributed by atoms with van der Waals surface area (Å²) in [5.41, 5.74) is 1.03. The molecule has 0 spiro atoms. The van der Waals surface area contributed by atoms with Gasteiger partial charge in [-0.05, 0) is 100 Å². The summed E-state index contributed by atoms with van der Waals surface area (Å²) in [7, 11) is 1.66. The van der Waals surface area contributed by atoms with Gasteiger partial charge in [-0.25, -0.2) is 4.39 Å². The van der Waals surface area contributed by atoms with Crippen LogP contribution in [-0.4, -0.2) is 38.4 Å². The van der Waals surface area contributed by atoms with E-state index in [9.17, 15) is 23.9 Å². The van der Waals surface area contributed by atoms with Crippen LogP contribution in [0.2, 0.25) is 0 Å². The molecule has 1 aromatic carbocycles. The van der Waals surface area contributed by atoms with Gasteiger partial charge >= 0.3 is 0 Å². The maximum absolute atomic E-state index is 13.6. The zero-order chi connectivity index (χ0) is 25.3. The molecule has 2 aromatic rings. The Hall–Kier alpha value is -3.00. The molecule has 4 aliphatic rings. The molecule has 0 saturated heterocycles. The highest BCUT2D eigenvalue weighted by Gasteiger charge is 2.58. The fourth-order valence-electron chi connectivity index (χ4n) is 7.32. The number of hydrogen-bond acceptors (Lipinski definition) is 4. The van der Waals surface area contributed by atoms with Crippen molar-refractivity contribution in [2.24, 2.45) is 18.9 Å². The molecule has 35 heavy (non-hydrogen) atoms. The quantitative estimate of drug-likeness (QED) is 0.448. The number of nitrogens with zero attached hydrogens (tertiary/aromatic N) is 1. The maximum Gasteiger partial charge on any atom is 0.294 e. The zero-order valence-electron chi connectivity index (χ0n) is 20.6. The summed E-state index contributed by atoms with van der Waals surface area (Å²) in [4.78, 5) is 39.6. The van der Waals surface area contributed by atoms with Gasteiger partial charge in [0.15, 0.2) is 0 Å². The molecule has 4 atom stereocenters. The van der Waals surface area contributed by atoms with Gasteiger partial charge in [0.25, 0.3) is 17.6 Å². The highest BCUT2D eigenvalue weighted by molar-refractivity contribution is 6.43. The van der Waals surface area contributed by atoms with Crippen LogP contribution in [-0.2, 0) is 11.8 Å². The number of Topliss-reactive ketones (excluding diaryl/α,β-unsaturated/α-hetero) is 1. The average molecular weight is 482 g/mol. The molecule has 6 rings (SSSR count). The maximum atomic E-state index is 13.6. The van der Waals surface area contributed by atoms with Crippen LogP contribution in [0.3, 0.4) is 0 Å². The second-order valence-corrected chi connectivity index (χ2v) is 11.2. The van der Waals surface area contributed by atoms with Crippen molar-refractivity contribution >= 4 is 23.3 Å². The first kappa shape index (κ1) is 23.7. The summed E-state index contributed by atoms with van der Waals surface area (Å²) in [6, 6.07) is 4.31. The summed E-state index contributed by atoms with van der Waals surface area (Å²) in [6.45, 7) is 4.99. The van der Waals surface area contributed by atoms with Crippen LogP contribution in [0.1, 0.15) is 76.2 Å². The smallest absolute Gasteiger partial charge is 0.294 e. The molecule has 3 N–H and O–H groups in total. The molecule has 1 aromatic heterocycles. The number of anilines is 1. The number of hydrogen-bond donors (Lipinski definition) is 3. The normalized spacial score (nSPS) is 28.7. The lowest BCUT2D eigenvalue weighted by molar-refractivity contribution is -0.149. The van der Waals surface area contributed by atoms with Gasteiger partial charge in [0.2, 0.25) is 0 Å². The predicted octanol–water partition coefficient (Wildman–Crippen LogP) is 3.72. The molecule has 4 saturated carbocycles. The minimum Gasteiger partial charge on any atom is -0.390 e. The minimum absolute atomic E-state index is 0.170. The third kappa shape index (κ3) is 3.97. The summed E-state index contributed by atoms with van der Waals surface area (Å²) < 4.78 is 15.2. The van der Waals surface area contributed by atoms with Gasteiger partial charge in [-0.1, -0.05) is 0 Å². The number of halogens is 1. The molecule has 8 heteroatoms. The van der Waals surface area contributed by atoms with E-state index in [2.05, 4.69) is 10.6 Å². The Labute approximate surface area is 204 Å². The van der Waals surface area contributed by atoms with E-state index in [-0.39, 0.29) is 11.5 Å². The number of carbonyl (C=O) groups excluding carboxylic acids is 3. The van der Waals surface area contributed by atoms with Crippen molar-refractivity contribution in [1.29, 1.82) is 0 Å². The van der Waals surface area contributed by atoms with Crippen LogP contribution in [0.4, 0.5) is 10.1 Å². The summed E-state index contributed by atoms with van der Waals surface area (Å²) >= 11 is 0. The Morgan fingerprint density at radius 3 is 2.34 bits per heavy atom. The molecular weight excluding hydrogens is 449 g/mol. The van der Waals surface area contributed by atoms with E-state index in [1.165, 1.54) is 12.1 Å². The Kier molecular flexibility index (Phi) is 5.43. The molecule has 4 fully saturated rings. The van der Waals surface area contributed by atoms with Crippen molar-refractivity contribution in [3.8, 4) is 0 Å². The van der Waals surface area contributed by atoms with E-state index in [1.54, 1.807) is 38.5 Å². The Bertz CT molecular complexity index is 1250. The van der Waals surface area contributed by atoms with Crippen LogP contribution < -0.4 is 10.6 Å². The molecule has 4 bridgehead atoms. The molecule has 4 aliphatic carbocycles. The number of ketones is 1. The SMILES string of the molecule is Cc1cc(NC(=O)c2c(C)c(C(=O)C(=O)NC34C[C@@H]5C[C@@H](CC(O)(C5)C3)C4)n(C)c2C)ccc1F. The first-order valence-electron chi connectivity index (χ1n) is 12.2. The van der Waals surface area contributed by atoms with Crippen LogP contribution >= 0.6 is 0 Å². The molecule has 0 aliphatic heterocycles. The van der Waals surface area contributed by atoms with Crippen LogP contribution in [0.25, 0.3) is 0 Å². The molecule has 1 heterocycles. The number of nitrogens with one attached hydrogen (secondary N) is 2. The van der Waals surface area contributed by atoms with E-state index in [0.29, 0.717) is 46.3 Å². The molecule has 0 radical (unpaired) electrons. The number of aryl methyl sites for hydroxylation is 1. The fraction of sp³-hybridized carbons (Fsp3) is 0.519. The van der Waals surface area contributed by atoms with Crippen molar-refractivity contribution in [2.75, 3.05) is 5.32 Å². The first-order valence-corrected chi connectivity index (χ1v) is 12.2. The lowest BCUT2D eigenvalue weighted by Gasteiger charge is -2.60. The summed E-state index contributed by atoms with van der Waals surface area (Å²) in [5, 5.41) is 16.8. The predicted molar refractivity (Wildman–Crippen MR) is 129 cm³/mol. The zero-order valence-corrected chi connectivity index (χ0v) is 20.6. The molecule has 2 unspecified atom stereocenters. The molecular formula is C27H32FN3O4. The standard InChI is InChI=1S/C27H32FN3O4/c1-14-7-19(5-6-20(14)28)29-24(33)21-15(2)22(31(4)16(21)3)23(32)25(34)30-26-9-17-8-18(10-26)12-27(35,11-17)13-26/h5-7,17-18,35H,8-13H2,1-4H3,(H,29,33)(H,30,34)/t17-,18+,26?,27?. The fourth-order valence-corrected chi connectivity index (χ4v) is 7.32. The van der Waals surface area contributed by atoms with Crippen molar-refractivity contribution in [3.63, 3.8) is 0 Å². The third-order valence-corrected chi connectivity index (χ3v) is 8.40. The largest absolute Gasteiger partial charge is 0.390 e. The van der Waals surface area contributed by atoms with Gasteiger partial charge in [0, 0.05) is 24.0 Å². The monoisotopic (exact) mass is 481 g/mol. The van der Waals surface area contributed by atoms with Gasteiger partial charge in [-0.2, -0.15) is 0 Å². The van der Waals surface area contributed by atoms with Gasteiger partial charge < -0.3 is 20.3 Å². The highest BCUT2D eigenvalue weighted by Crippen LogP contribution is 2.57. The molecule has 7 nitrogen and oxygen atoms in total. The van der Waals surface area contributed by atoms with Gasteiger partial charge in [-0.3, -0.25) is 14.4 Å². The Balaban J connectivity index is 1.38. The summed E-state index contributed by atoms with van der Waals surface area (Å²) in [5.74, 6) is -1.42. The average Bonchev–Trinajstić information content (AvgIpc) is 2.96. The van der Waals surface area contributed by atoms with Crippen molar-refractivity contribution in [3.05, 3.63) is 52.1 Å². The topological polar surface area (TPSA) is 100 Å². The van der Waals surface area contributed by atoms with Crippen molar-refractivity contribution < 1.29 is 23.9 Å². The summed E-state index contributed by atoms with van der Waals surface area (Å²) in [6.07, 6.45) is 4.70. The molecule has 186 valence electrons. The third-order valence-electron chi connectivity index (χ3n) is 8.40. The van der Waals surface area contributed by atoms with E-state index in [0.717, 1.165) is 32.1 Å². The number of amides is 2. The van der Waals surface area contributed by atoms with Crippen molar-refractivity contribution in [2.45, 2.75) is 70.4 Å². The number of carbonyl (C=O) groups is 3. The van der Waals surface area contributed by atoms with E-state index in [1.807, 2.05) is 0 Å². The number of aromatic nitrogens is 1. The Morgan fingerprint density at radius 1 is 1.09 bits per heavy atom. The van der Waals surface area contributed by atoms with Gasteiger partial charge in [0.1, 0.15) is 5.82 Å². The minimum atomic E-state index is -0.748. The van der Waals surface area contributed by atoms with E-state index < -0.39 is 28.7 Å². The van der Waals surface area contributed by atoms with E-state index >= 15 is 0 Å². The Morgan fingerprint density at radius 2 is 1.74 bits per heavy atom.